The number of benzene rings is 1. The molecule has 0 radical (unpaired) electrons. The lowest BCUT2D eigenvalue weighted by atomic mass is 10.1. The van der Waals surface area contributed by atoms with Crippen molar-refractivity contribution in [3.8, 4) is 0 Å². The van der Waals surface area contributed by atoms with Crippen LogP contribution in [0, 0.1) is 0 Å². The van der Waals surface area contributed by atoms with Crippen molar-refractivity contribution < 1.29 is 0 Å². The van der Waals surface area contributed by atoms with Crippen molar-refractivity contribution in [2.24, 2.45) is 0 Å². The van der Waals surface area contributed by atoms with Crippen LogP contribution in [0.3, 0.4) is 0 Å². The van der Waals surface area contributed by atoms with E-state index < -0.39 is 0 Å². The molecule has 3 rings (SSSR count). The van der Waals surface area contributed by atoms with Gasteiger partial charge in [-0.2, -0.15) is 0 Å². The Hall–Kier alpha value is -1.16. The summed E-state index contributed by atoms with van der Waals surface area (Å²) < 4.78 is 0. The van der Waals surface area contributed by atoms with Crippen molar-refractivity contribution in [2.75, 3.05) is 18.0 Å². The Kier molecular flexibility index (Phi) is 2.97. The van der Waals surface area contributed by atoms with Gasteiger partial charge in [0.15, 0.2) is 0 Å². The normalized spacial score (nSPS) is 20.8. The molecular weight excluding hydrogens is 278 g/mol. The van der Waals surface area contributed by atoms with E-state index in [0.717, 1.165) is 29.9 Å². The lowest BCUT2D eigenvalue weighted by Gasteiger charge is -2.30. The Bertz CT molecular complexity index is 529. The molecule has 2 aromatic rings. The molecule has 1 aliphatic rings. The molecule has 0 N–H and O–H groups in total. The smallest absolute Gasteiger partial charge is 0.147 e. The number of para-hydroxylation sites is 2. The predicted octanol–water partition coefficient (Wildman–Crippen LogP) is 2.99. The van der Waals surface area contributed by atoms with E-state index in [0.29, 0.717) is 4.83 Å². The highest BCUT2D eigenvalue weighted by Gasteiger charge is 2.18. The first-order chi connectivity index (χ1) is 8.33. The second kappa shape index (κ2) is 4.61. The number of rotatable bonds is 1. The average Bonchev–Trinajstić information content (AvgIpc) is 2.38. The Morgan fingerprint density at radius 2 is 2.06 bits per heavy atom. The number of piperidine rings is 1. The highest BCUT2D eigenvalue weighted by molar-refractivity contribution is 9.09. The fourth-order valence-electron chi connectivity index (χ4n) is 2.23. The third-order valence-corrected chi connectivity index (χ3v) is 3.87. The monoisotopic (exact) mass is 291 g/mol. The maximum atomic E-state index is 4.68. The van der Waals surface area contributed by atoms with Crippen LogP contribution in [-0.2, 0) is 0 Å². The number of aromatic nitrogens is 2. The second-order valence-corrected chi connectivity index (χ2v) is 5.70. The van der Waals surface area contributed by atoms with Crippen molar-refractivity contribution >= 4 is 32.8 Å². The molecule has 2 heterocycles. The summed E-state index contributed by atoms with van der Waals surface area (Å²) >= 11 is 3.69. The van der Waals surface area contributed by atoms with Gasteiger partial charge in [-0.3, -0.25) is 4.98 Å². The number of anilines is 1. The lowest BCUT2D eigenvalue weighted by molar-refractivity contribution is 0.591. The van der Waals surface area contributed by atoms with Gasteiger partial charge in [0, 0.05) is 17.9 Å². The van der Waals surface area contributed by atoms with E-state index in [2.05, 4.69) is 30.8 Å². The van der Waals surface area contributed by atoms with Crippen molar-refractivity contribution in [3.05, 3.63) is 30.5 Å². The maximum absolute atomic E-state index is 4.68. The van der Waals surface area contributed by atoms with Crippen molar-refractivity contribution in [1.29, 1.82) is 0 Å². The molecule has 0 aliphatic carbocycles. The number of hydrogen-bond donors (Lipinski definition) is 0. The van der Waals surface area contributed by atoms with Gasteiger partial charge in [0.25, 0.3) is 0 Å². The van der Waals surface area contributed by atoms with Crippen LogP contribution in [0.4, 0.5) is 5.82 Å². The van der Waals surface area contributed by atoms with E-state index in [1.54, 1.807) is 0 Å². The zero-order valence-electron chi connectivity index (χ0n) is 9.51. The molecule has 88 valence electrons. The van der Waals surface area contributed by atoms with E-state index in [-0.39, 0.29) is 0 Å². The number of halogens is 1. The summed E-state index contributed by atoms with van der Waals surface area (Å²) in [6, 6.07) is 8.01. The van der Waals surface area contributed by atoms with Crippen LogP contribution >= 0.6 is 15.9 Å². The summed E-state index contributed by atoms with van der Waals surface area (Å²) in [4.78, 5) is 12.0. The first kappa shape index (κ1) is 11.0. The molecule has 3 nitrogen and oxygen atoms in total. The lowest BCUT2D eigenvalue weighted by Crippen LogP contribution is -2.36. The van der Waals surface area contributed by atoms with Gasteiger partial charge in [0.2, 0.25) is 0 Å². The van der Waals surface area contributed by atoms with Crippen molar-refractivity contribution in [3.63, 3.8) is 0 Å². The summed E-state index contributed by atoms with van der Waals surface area (Å²) in [7, 11) is 0. The van der Waals surface area contributed by atoms with Gasteiger partial charge >= 0.3 is 0 Å². The molecular formula is C13H14BrN3. The number of hydrogen-bond acceptors (Lipinski definition) is 3. The Morgan fingerprint density at radius 1 is 1.24 bits per heavy atom. The summed E-state index contributed by atoms with van der Waals surface area (Å²) in [5.74, 6) is 0.993. The van der Waals surface area contributed by atoms with Gasteiger partial charge in [0.1, 0.15) is 5.82 Å². The van der Waals surface area contributed by atoms with E-state index >= 15 is 0 Å². The molecule has 1 fully saturated rings. The van der Waals surface area contributed by atoms with Crippen LogP contribution in [-0.4, -0.2) is 27.9 Å². The van der Waals surface area contributed by atoms with E-state index in [1.165, 1.54) is 12.8 Å². The molecule has 1 aromatic heterocycles. The summed E-state index contributed by atoms with van der Waals surface area (Å²) in [6.45, 7) is 2.10. The highest BCUT2D eigenvalue weighted by atomic mass is 79.9. The largest absolute Gasteiger partial charge is 0.354 e. The molecule has 1 aromatic carbocycles. The number of nitrogens with zero attached hydrogens (tertiary/aromatic N) is 3. The zero-order valence-corrected chi connectivity index (χ0v) is 11.1. The molecule has 1 saturated heterocycles. The standard InChI is InChI=1S/C13H14BrN3/c14-10-4-3-7-17(9-10)13-8-15-11-5-1-2-6-12(11)16-13/h1-2,5-6,8,10H,3-4,7,9H2. The first-order valence-electron chi connectivity index (χ1n) is 5.94. The summed E-state index contributed by atoms with van der Waals surface area (Å²) in [5, 5.41) is 0. The van der Waals surface area contributed by atoms with Gasteiger partial charge in [-0.05, 0) is 25.0 Å². The number of fused-ring (bicyclic) bond motifs is 1. The predicted molar refractivity (Wildman–Crippen MR) is 73.7 cm³/mol. The molecule has 1 unspecified atom stereocenters. The van der Waals surface area contributed by atoms with E-state index in [4.69, 9.17) is 0 Å². The highest BCUT2D eigenvalue weighted by Crippen LogP contribution is 2.22. The first-order valence-corrected chi connectivity index (χ1v) is 6.85. The average molecular weight is 292 g/mol. The van der Waals surface area contributed by atoms with Gasteiger partial charge < -0.3 is 4.90 Å². The topological polar surface area (TPSA) is 29.0 Å². The van der Waals surface area contributed by atoms with Crippen LogP contribution in [0.15, 0.2) is 30.5 Å². The molecule has 1 aliphatic heterocycles. The summed E-state index contributed by atoms with van der Waals surface area (Å²) in [5.41, 5.74) is 1.94. The van der Waals surface area contributed by atoms with E-state index in [1.807, 2.05) is 30.5 Å². The fraction of sp³-hybridized carbons (Fsp3) is 0.385. The van der Waals surface area contributed by atoms with Gasteiger partial charge in [-0.25, -0.2) is 4.98 Å². The molecule has 4 heteroatoms. The molecule has 0 bridgehead atoms. The SMILES string of the molecule is BrC1CCCN(c2cnc3ccccc3n2)C1. The van der Waals surface area contributed by atoms with Crippen LogP contribution in [0.5, 0.6) is 0 Å². The zero-order chi connectivity index (χ0) is 11.7. The summed E-state index contributed by atoms with van der Waals surface area (Å²) in [6.07, 6.45) is 4.34. The number of alkyl halides is 1. The van der Waals surface area contributed by atoms with Gasteiger partial charge in [-0.15, -0.1) is 0 Å². The molecule has 0 spiro atoms. The van der Waals surface area contributed by atoms with Gasteiger partial charge in [0.05, 0.1) is 17.2 Å². The van der Waals surface area contributed by atoms with Crippen LogP contribution in [0.2, 0.25) is 0 Å². The third-order valence-electron chi connectivity index (χ3n) is 3.12. The Balaban J connectivity index is 1.94. The quantitative estimate of drug-likeness (QED) is 0.757. The maximum Gasteiger partial charge on any atom is 0.147 e. The van der Waals surface area contributed by atoms with E-state index in [9.17, 15) is 0 Å². The fourth-order valence-corrected chi connectivity index (χ4v) is 2.91. The van der Waals surface area contributed by atoms with Crippen LogP contribution in [0.1, 0.15) is 12.8 Å². The minimum Gasteiger partial charge on any atom is -0.354 e. The third kappa shape index (κ3) is 2.27. The van der Waals surface area contributed by atoms with Crippen LogP contribution in [0.25, 0.3) is 11.0 Å². The minimum absolute atomic E-state index is 0.574. The van der Waals surface area contributed by atoms with Crippen LogP contribution < -0.4 is 4.90 Å². The minimum atomic E-state index is 0.574. The van der Waals surface area contributed by atoms with Gasteiger partial charge in [-0.1, -0.05) is 28.1 Å². The Labute approximate surface area is 109 Å². The molecule has 17 heavy (non-hydrogen) atoms. The van der Waals surface area contributed by atoms with Crippen molar-refractivity contribution in [1.82, 2.24) is 9.97 Å². The molecule has 1 atom stereocenters. The second-order valence-electron chi connectivity index (χ2n) is 4.40. The molecule has 0 amide bonds. The Morgan fingerprint density at radius 3 is 2.88 bits per heavy atom. The van der Waals surface area contributed by atoms with Crippen molar-refractivity contribution in [2.45, 2.75) is 17.7 Å². The molecule has 0 saturated carbocycles.